The molecule has 58 heavy (non-hydrogen) atoms. The molecule has 2 saturated heterocycles. The van der Waals surface area contributed by atoms with Crippen molar-refractivity contribution in [1.82, 2.24) is 30.0 Å². The number of aliphatic hydroxyl groups is 2. The van der Waals surface area contributed by atoms with Gasteiger partial charge >= 0.3 is 18.2 Å². The third-order valence-electron chi connectivity index (χ3n) is 9.45. The van der Waals surface area contributed by atoms with Crippen LogP contribution < -0.4 is 15.5 Å². The molecule has 0 spiro atoms. The summed E-state index contributed by atoms with van der Waals surface area (Å²) in [6.07, 6.45) is -7.25. The van der Waals surface area contributed by atoms with E-state index in [4.69, 9.17) is 38.8 Å². The second-order valence-corrected chi connectivity index (χ2v) is 14.8. The van der Waals surface area contributed by atoms with Crippen LogP contribution in [-0.4, -0.2) is 102 Å². The number of aryl methyl sites for hydroxylation is 1. The molecule has 0 unspecified atom stereocenters. The number of anilines is 2. The van der Waals surface area contributed by atoms with Gasteiger partial charge in [0.1, 0.15) is 23.9 Å². The lowest BCUT2D eigenvalue weighted by Crippen LogP contribution is -2.40. The first kappa shape index (κ1) is 41.8. The highest BCUT2D eigenvalue weighted by molar-refractivity contribution is 5.84. The number of carboxylic acid groups (broad SMARTS) is 1. The number of aliphatic hydroxyl groups excluding tert-OH is 2. The number of nitrogens with one attached hydrogen (secondary N) is 2. The number of ether oxygens (including phenoxy) is 2. The summed E-state index contributed by atoms with van der Waals surface area (Å²) in [7, 11) is 0. The number of carbonyl (C=O) groups excluding carboxylic acids is 1. The Balaban J connectivity index is 0.000000743. The van der Waals surface area contributed by atoms with Crippen LogP contribution in [0.5, 0.6) is 0 Å². The van der Waals surface area contributed by atoms with Crippen LogP contribution >= 0.6 is 0 Å². The standard InChI is InChI=1S/C37H44N8O6.C2HF3O2/c1-5-24-18-27(51-43-24)31-29(46)30(47)34(49-31)45-21-39-28-32(38-19-26(22-12-8-6-9-13-22)23-14-10-7-11-15-23)41-35(42-33(28)45)44-17-16-25(20-44)40-36(48)50-37(2,3)4;3-2(4,5)1(6)7/h6-15,18,21,25-26,29-31,34,46-47H,5,16-17,19-20H2,1-4H3,(H,40,48)(H,38,41,42);(H,6,7)/t25-,29+,30-,31-,34-;/m1./s1. The Bertz CT molecular complexity index is 2120. The molecule has 0 saturated carbocycles. The zero-order chi connectivity index (χ0) is 41.8. The molecule has 2 aliphatic heterocycles. The SMILES string of the molecule is CCc1cc([C@H]2O[C@@H](n3cnc4c(NCC(c5ccccc5)c5ccccc5)nc(N5CC[C@@H](NC(=O)OC(C)(C)C)C5)nc43)[C@H](O)[C@@H]2O)on1.O=C(O)C(F)(F)F. The van der Waals surface area contributed by atoms with Gasteiger partial charge in [0.05, 0.1) is 18.1 Å². The first-order valence-electron chi connectivity index (χ1n) is 18.6. The number of alkyl halides is 3. The number of halogens is 3. The van der Waals surface area contributed by atoms with Crippen LogP contribution in [-0.2, 0) is 20.7 Å². The summed E-state index contributed by atoms with van der Waals surface area (Å²) in [5.74, 6) is -1.50. The van der Waals surface area contributed by atoms with Gasteiger partial charge in [-0.2, -0.15) is 23.1 Å². The third kappa shape index (κ3) is 9.83. The van der Waals surface area contributed by atoms with E-state index in [2.05, 4.69) is 40.1 Å². The van der Waals surface area contributed by atoms with Crippen LogP contribution in [0.2, 0.25) is 0 Å². The molecule has 5 atom stereocenters. The number of carboxylic acids is 1. The number of imidazole rings is 1. The fourth-order valence-electron chi connectivity index (χ4n) is 6.64. The molecule has 5 aromatic rings. The third-order valence-corrected chi connectivity index (χ3v) is 9.45. The normalized spacial score (nSPS) is 20.9. The van der Waals surface area contributed by atoms with Gasteiger partial charge < -0.3 is 44.8 Å². The van der Waals surface area contributed by atoms with Gasteiger partial charge in [-0.1, -0.05) is 72.7 Å². The maximum Gasteiger partial charge on any atom is 0.490 e. The first-order valence-corrected chi connectivity index (χ1v) is 18.6. The molecule has 19 heteroatoms. The van der Waals surface area contributed by atoms with Crippen LogP contribution in [0.15, 0.2) is 77.6 Å². The minimum atomic E-state index is -5.08. The molecule has 0 radical (unpaired) electrons. The van der Waals surface area contributed by atoms with E-state index in [1.807, 2.05) is 69.0 Å². The van der Waals surface area contributed by atoms with Crippen molar-refractivity contribution in [1.29, 1.82) is 0 Å². The lowest BCUT2D eigenvalue weighted by atomic mass is 9.91. The average Bonchev–Trinajstić information content (AvgIpc) is 3.99. The van der Waals surface area contributed by atoms with E-state index < -0.39 is 48.4 Å². The Morgan fingerprint density at radius 2 is 1.64 bits per heavy atom. The number of alkyl carbamates (subject to hydrolysis) is 1. The van der Waals surface area contributed by atoms with Crippen molar-refractivity contribution in [3.8, 4) is 0 Å². The van der Waals surface area contributed by atoms with Gasteiger partial charge in [0, 0.05) is 31.6 Å². The van der Waals surface area contributed by atoms with Crippen molar-refractivity contribution in [2.24, 2.45) is 0 Å². The number of benzene rings is 2. The zero-order valence-corrected chi connectivity index (χ0v) is 32.1. The van der Waals surface area contributed by atoms with Crippen molar-refractivity contribution in [3.63, 3.8) is 0 Å². The maximum absolute atomic E-state index is 12.6. The lowest BCUT2D eigenvalue weighted by Gasteiger charge is -2.23. The summed E-state index contributed by atoms with van der Waals surface area (Å²) in [5, 5.41) is 40.0. The lowest BCUT2D eigenvalue weighted by molar-refractivity contribution is -0.192. The van der Waals surface area contributed by atoms with Crippen LogP contribution in [0.25, 0.3) is 11.2 Å². The van der Waals surface area contributed by atoms with E-state index in [1.165, 1.54) is 6.33 Å². The molecule has 1 amide bonds. The predicted molar refractivity (Wildman–Crippen MR) is 203 cm³/mol. The Kier molecular flexibility index (Phi) is 12.5. The molecule has 5 N–H and O–H groups in total. The number of aliphatic carboxylic acids is 1. The smallest absolute Gasteiger partial charge is 0.475 e. The minimum absolute atomic E-state index is 0.00274. The molecule has 0 aliphatic carbocycles. The van der Waals surface area contributed by atoms with Crippen LogP contribution in [0.3, 0.4) is 0 Å². The Morgan fingerprint density at radius 3 is 2.21 bits per heavy atom. The summed E-state index contributed by atoms with van der Waals surface area (Å²) in [6, 6.07) is 22.1. The highest BCUT2D eigenvalue weighted by Gasteiger charge is 2.47. The highest BCUT2D eigenvalue weighted by Crippen LogP contribution is 2.41. The monoisotopic (exact) mass is 810 g/mol. The maximum atomic E-state index is 12.6. The number of carbonyl (C=O) groups is 2. The number of amides is 1. The molecule has 7 rings (SSSR count). The van der Waals surface area contributed by atoms with Crippen LogP contribution in [0.1, 0.15) is 74.9 Å². The highest BCUT2D eigenvalue weighted by atomic mass is 19.4. The quantitative estimate of drug-likeness (QED) is 0.121. The number of rotatable bonds is 10. The number of nitrogens with zero attached hydrogens (tertiary/aromatic N) is 6. The topological polar surface area (TPSA) is 210 Å². The van der Waals surface area contributed by atoms with Crippen molar-refractivity contribution in [3.05, 3.63) is 95.6 Å². The Labute approximate surface area is 331 Å². The molecular weight excluding hydrogens is 765 g/mol. The summed E-state index contributed by atoms with van der Waals surface area (Å²) in [6.45, 7) is 8.99. The van der Waals surface area contributed by atoms with Gasteiger partial charge in [0.2, 0.25) is 5.95 Å². The molecular formula is C39H45F3N8O8. The summed E-state index contributed by atoms with van der Waals surface area (Å²) in [4.78, 5) is 38.1. The van der Waals surface area contributed by atoms with Gasteiger partial charge in [-0.3, -0.25) is 4.57 Å². The van der Waals surface area contributed by atoms with Gasteiger partial charge in [0.25, 0.3) is 0 Å². The number of aromatic nitrogens is 5. The van der Waals surface area contributed by atoms with E-state index in [-0.39, 0.29) is 12.0 Å². The van der Waals surface area contributed by atoms with Gasteiger partial charge in [-0.25, -0.2) is 14.6 Å². The molecule has 5 heterocycles. The number of fused-ring (bicyclic) bond motifs is 1. The molecule has 2 fully saturated rings. The van der Waals surface area contributed by atoms with E-state index in [9.17, 15) is 28.2 Å². The van der Waals surface area contributed by atoms with Crippen molar-refractivity contribution < 1.29 is 52.1 Å². The molecule has 2 aromatic carbocycles. The van der Waals surface area contributed by atoms with Gasteiger partial charge in [-0.05, 0) is 44.7 Å². The van der Waals surface area contributed by atoms with Gasteiger partial charge in [-0.15, -0.1) is 0 Å². The Hall–Kier alpha value is -5.79. The largest absolute Gasteiger partial charge is 0.490 e. The molecule has 2 aliphatic rings. The first-order chi connectivity index (χ1) is 27.5. The summed E-state index contributed by atoms with van der Waals surface area (Å²) < 4.78 is 50.5. The van der Waals surface area contributed by atoms with Crippen molar-refractivity contribution >= 4 is 35.0 Å². The van der Waals surface area contributed by atoms with E-state index in [0.29, 0.717) is 66.9 Å². The second-order valence-electron chi connectivity index (χ2n) is 14.8. The molecule has 310 valence electrons. The van der Waals surface area contributed by atoms with Gasteiger partial charge in [0.15, 0.2) is 29.0 Å². The molecule has 0 bridgehead atoms. The van der Waals surface area contributed by atoms with Crippen LogP contribution in [0, 0.1) is 0 Å². The van der Waals surface area contributed by atoms with E-state index in [0.717, 1.165) is 11.1 Å². The van der Waals surface area contributed by atoms with Crippen molar-refractivity contribution in [2.45, 2.75) is 88.8 Å². The second kappa shape index (κ2) is 17.4. The van der Waals surface area contributed by atoms with Crippen LogP contribution in [0.4, 0.5) is 29.7 Å². The van der Waals surface area contributed by atoms with Crippen molar-refractivity contribution in [2.75, 3.05) is 29.9 Å². The predicted octanol–water partition coefficient (Wildman–Crippen LogP) is 5.35. The van der Waals surface area contributed by atoms with E-state index in [1.54, 1.807) is 10.6 Å². The summed E-state index contributed by atoms with van der Waals surface area (Å²) >= 11 is 0. The number of hydrogen-bond donors (Lipinski definition) is 5. The van der Waals surface area contributed by atoms with E-state index >= 15 is 0 Å². The fourth-order valence-corrected chi connectivity index (χ4v) is 6.64. The zero-order valence-electron chi connectivity index (χ0n) is 32.1. The molecule has 3 aromatic heterocycles. The number of hydrogen-bond acceptors (Lipinski definition) is 13. The Morgan fingerprint density at radius 1 is 1.00 bits per heavy atom. The minimum Gasteiger partial charge on any atom is -0.475 e. The average molecular weight is 811 g/mol. The molecule has 16 nitrogen and oxygen atoms in total. The summed E-state index contributed by atoms with van der Waals surface area (Å²) in [5.41, 5.74) is 3.27. The fraction of sp³-hybridized carbons (Fsp3) is 0.436.